The molecule has 1 aliphatic carbocycles. The average Bonchev–Trinajstić information content (AvgIpc) is 3.03. The molecule has 0 bridgehead atoms. The maximum Gasteiger partial charge on any atom is 0.325 e. The van der Waals surface area contributed by atoms with E-state index in [4.69, 9.17) is 13.7 Å². The molecular formula is C40H52FO5PSi. The number of benzene rings is 3. The highest BCUT2D eigenvalue weighted by molar-refractivity contribution is 7.63. The molecule has 0 spiro atoms. The molecule has 1 atom stereocenters. The molecule has 4 rings (SSSR count). The Kier molecular flexibility index (Phi) is 11.2. The van der Waals surface area contributed by atoms with E-state index in [1.807, 2.05) is 93.6 Å². The van der Waals surface area contributed by atoms with Gasteiger partial charge in [0.1, 0.15) is 11.2 Å². The number of hydrogen-bond acceptors (Lipinski definition) is 5. The van der Waals surface area contributed by atoms with Crippen LogP contribution in [-0.4, -0.2) is 36.8 Å². The second-order valence-electron chi connectivity index (χ2n) is 15.3. The molecule has 0 N–H and O–H groups in total. The third kappa shape index (κ3) is 7.34. The van der Waals surface area contributed by atoms with Crippen molar-refractivity contribution < 1.29 is 27.4 Å². The molecular weight excluding hydrogens is 638 g/mol. The highest BCUT2D eigenvalue weighted by Gasteiger charge is 2.54. The molecule has 0 heterocycles. The van der Waals surface area contributed by atoms with Crippen molar-refractivity contribution in [2.45, 2.75) is 73.1 Å². The van der Waals surface area contributed by atoms with Crippen molar-refractivity contribution in [3.8, 4) is 0 Å². The number of carbonyl (C=O) groups excluding carboxylic acids is 1. The zero-order valence-electron chi connectivity index (χ0n) is 30.3. The van der Waals surface area contributed by atoms with E-state index in [0.29, 0.717) is 23.1 Å². The summed E-state index contributed by atoms with van der Waals surface area (Å²) in [5.41, 5.74) is 3.07. The van der Waals surface area contributed by atoms with Gasteiger partial charge in [-0.25, -0.2) is 4.39 Å². The summed E-state index contributed by atoms with van der Waals surface area (Å²) in [7, 11) is -0.676. The molecule has 0 radical (unpaired) electrons. The lowest BCUT2D eigenvalue weighted by Gasteiger charge is -2.45. The van der Waals surface area contributed by atoms with Gasteiger partial charge in [-0.2, -0.15) is 0 Å². The van der Waals surface area contributed by atoms with Crippen LogP contribution in [0.2, 0.25) is 0 Å². The van der Waals surface area contributed by atoms with Gasteiger partial charge in [0.25, 0.3) is 7.37 Å². The van der Waals surface area contributed by atoms with Crippen molar-refractivity contribution >= 4 is 29.4 Å². The number of methoxy groups -OCH3 is 1. The molecule has 0 saturated heterocycles. The van der Waals surface area contributed by atoms with Crippen LogP contribution in [0, 0.1) is 22.1 Å². The number of allylic oxidation sites excluding steroid dienone is 2. The van der Waals surface area contributed by atoms with Gasteiger partial charge in [0.05, 0.1) is 7.11 Å². The summed E-state index contributed by atoms with van der Waals surface area (Å²) in [6, 6.07) is 25.7. The van der Waals surface area contributed by atoms with Gasteiger partial charge in [0.2, 0.25) is 10.5 Å². The molecule has 258 valence electrons. The summed E-state index contributed by atoms with van der Waals surface area (Å²) < 4.78 is 47.6. The number of carbonyl (C=O) groups is 1. The van der Waals surface area contributed by atoms with Gasteiger partial charge in [0, 0.05) is 18.8 Å². The molecule has 3 aromatic carbocycles. The molecule has 0 aromatic heterocycles. The van der Waals surface area contributed by atoms with E-state index in [0.717, 1.165) is 24.0 Å². The first-order chi connectivity index (χ1) is 22.5. The quantitative estimate of drug-likeness (QED) is 0.0869. The number of halogens is 1. The maximum atomic E-state index is 15.5. The van der Waals surface area contributed by atoms with Crippen LogP contribution in [0.1, 0.15) is 84.4 Å². The number of rotatable bonds is 11. The summed E-state index contributed by atoms with van der Waals surface area (Å²) in [6.45, 7) is 15.0. The van der Waals surface area contributed by atoms with E-state index in [1.165, 1.54) is 31.9 Å². The molecule has 1 unspecified atom stereocenters. The second kappa shape index (κ2) is 14.3. The SMILES string of the molecule is COC(=O)C(C(=C(O[SiH3])P(=O)(CCC1=C(c2ccc(F)cc2)CC(C)(C)CC1(C)C)OC)C(C)(C)C)(c1ccccc1)c1ccccc1. The van der Waals surface area contributed by atoms with Gasteiger partial charge in [0.15, 0.2) is 5.50 Å². The summed E-state index contributed by atoms with van der Waals surface area (Å²) in [5, 5.41) is 0. The molecule has 1 aliphatic rings. The Labute approximate surface area is 290 Å². The van der Waals surface area contributed by atoms with Crippen LogP contribution < -0.4 is 0 Å². The minimum atomic E-state index is -3.74. The average molecular weight is 691 g/mol. The van der Waals surface area contributed by atoms with Crippen LogP contribution in [0.5, 0.6) is 0 Å². The van der Waals surface area contributed by atoms with Crippen LogP contribution in [0.15, 0.2) is 102 Å². The highest BCUT2D eigenvalue weighted by atomic mass is 31.2. The third-order valence-electron chi connectivity index (χ3n) is 9.65. The van der Waals surface area contributed by atoms with Gasteiger partial charge in [-0.3, -0.25) is 9.36 Å². The minimum absolute atomic E-state index is 0.0236. The summed E-state index contributed by atoms with van der Waals surface area (Å²) in [5.74, 6) is -0.778. The molecule has 0 fully saturated rings. The van der Waals surface area contributed by atoms with Crippen molar-refractivity contribution in [1.29, 1.82) is 0 Å². The Balaban J connectivity index is 2.02. The van der Waals surface area contributed by atoms with Gasteiger partial charge in [-0.15, -0.1) is 0 Å². The molecule has 3 aromatic rings. The predicted octanol–water partition coefficient (Wildman–Crippen LogP) is 9.45. The Morgan fingerprint density at radius 3 is 1.83 bits per heavy atom. The fraction of sp³-hybridized carbons (Fsp3) is 0.425. The van der Waals surface area contributed by atoms with E-state index in [9.17, 15) is 9.18 Å². The lowest BCUT2D eigenvalue weighted by molar-refractivity contribution is -0.145. The van der Waals surface area contributed by atoms with Gasteiger partial charge < -0.3 is 13.7 Å². The third-order valence-corrected chi connectivity index (χ3v) is 12.8. The Hall–Kier alpha value is -3.25. The number of ether oxygens (including phenoxy) is 1. The summed E-state index contributed by atoms with van der Waals surface area (Å²) >= 11 is 0. The number of esters is 1. The predicted molar refractivity (Wildman–Crippen MR) is 197 cm³/mol. The fourth-order valence-electron chi connectivity index (χ4n) is 8.09. The van der Waals surface area contributed by atoms with E-state index in [-0.39, 0.29) is 38.8 Å². The first-order valence-corrected chi connectivity index (χ1v) is 19.2. The lowest BCUT2D eigenvalue weighted by Crippen LogP contribution is -2.45. The molecule has 5 nitrogen and oxygen atoms in total. The number of hydrogen-bond donors (Lipinski definition) is 0. The van der Waals surface area contributed by atoms with Gasteiger partial charge in [-0.1, -0.05) is 127 Å². The van der Waals surface area contributed by atoms with Crippen LogP contribution in [0.25, 0.3) is 5.57 Å². The van der Waals surface area contributed by atoms with E-state index in [2.05, 4.69) is 27.7 Å². The van der Waals surface area contributed by atoms with Gasteiger partial charge >= 0.3 is 5.97 Å². The molecule has 48 heavy (non-hydrogen) atoms. The fourth-order valence-corrected chi connectivity index (χ4v) is 11.3. The van der Waals surface area contributed by atoms with Gasteiger partial charge in [-0.05, 0) is 69.9 Å². The molecule has 0 aliphatic heterocycles. The topological polar surface area (TPSA) is 61.8 Å². The zero-order valence-corrected chi connectivity index (χ0v) is 33.2. The van der Waals surface area contributed by atoms with E-state index >= 15 is 4.57 Å². The standard InChI is InChI=1S/C40H52FO5PSi/c1-37(2,3)34(40(36(42)44-8,29-16-12-10-13-17-29)30-18-14-11-15-19-30)35(46-48)47(43,45-9)25-24-33-32(28-20-22-31(41)23-21-28)26-38(4,5)27-39(33,6)7/h10-23H,24-27H2,1-9,48H3. The first-order valence-electron chi connectivity index (χ1n) is 16.6. The molecule has 8 heteroatoms. The Bertz CT molecular complexity index is 1660. The Morgan fingerprint density at radius 1 is 0.875 bits per heavy atom. The minimum Gasteiger partial charge on any atom is -0.549 e. The Morgan fingerprint density at radius 2 is 1.40 bits per heavy atom. The zero-order chi connectivity index (χ0) is 35.5. The van der Waals surface area contributed by atoms with Crippen molar-refractivity contribution in [1.82, 2.24) is 0 Å². The van der Waals surface area contributed by atoms with Crippen LogP contribution in [0.3, 0.4) is 0 Å². The summed E-state index contributed by atoms with van der Waals surface area (Å²) in [6.07, 6.45) is 2.41. The molecule has 0 amide bonds. The van der Waals surface area contributed by atoms with Crippen molar-refractivity contribution in [2.24, 2.45) is 16.2 Å². The van der Waals surface area contributed by atoms with E-state index < -0.39 is 24.2 Å². The smallest absolute Gasteiger partial charge is 0.325 e. The lowest BCUT2D eigenvalue weighted by atomic mass is 9.61. The monoisotopic (exact) mass is 690 g/mol. The van der Waals surface area contributed by atoms with Crippen LogP contribution >= 0.6 is 7.37 Å². The molecule has 0 saturated carbocycles. The summed E-state index contributed by atoms with van der Waals surface area (Å²) in [4.78, 5) is 14.5. The van der Waals surface area contributed by atoms with Crippen LogP contribution in [-0.2, 0) is 28.5 Å². The van der Waals surface area contributed by atoms with Crippen LogP contribution in [0.4, 0.5) is 4.39 Å². The van der Waals surface area contributed by atoms with Crippen molar-refractivity contribution in [3.63, 3.8) is 0 Å². The second-order valence-corrected chi connectivity index (χ2v) is 18.3. The first kappa shape index (κ1) is 37.6. The maximum absolute atomic E-state index is 15.5. The largest absolute Gasteiger partial charge is 0.549 e. The van der Waals surface area contributed by atoms with Crippen molar-refractivity contribution in [3.05, 3.63) is 124 Å². The van der Waals surface area contributed by atoms with E-state index in [1.54, 1.807) is 0 Å². The normalized spacial score (nSPS) is 18.1. The van der Waals surface area contributed by atoms with Crippen molar-refractivity contribution in [2.75, 3.05) is 20.4 Å². The highest BCUT2D eigenvalue weighted by Crippen LogP contribution is 2.63.